The number of alkyl halides is 1. The Morgan fingerprint density at radius 3 is 2.40 bits per heavy atom. The molecule has 2 aromatic carbocycles. The Hall–Kier alpha value is -2.14. The van der Waals surface area contributed by atoms with Gasteiger partial charge in [0.25, 0.3) is 0 Å². The molecule has 0 radical (unpaired) electrons. The van der Waals surface area contributed by atoms with Gasteiger partial charge in [-0.15, -0.1) is 0 Å². The summed E-state index contributed by atoms with van der Waals surface area (Å²) in [5, 5.41) is 11.6. The molecule has 3 fully saturated rings. The van der Waals surface area contributed by atoms with E-state index >= 15 is 0 Å². The summed E-state index contributed by atoms with van der Waals surface area (Å²) in [5.74, 6) is 0.624. The Morgan fingerprint density at radius 2 is 1.77 bits per heavy atom. The Labute approximate surface area is 208 Å². The number of carbonyl (C=O) groups is 1. The predicted octanol–water partition coefficient (Wildman–Crippen LogP) is 7.44. The third kappa shape index (κ3) is 4.94. The number of carboxylic acid groups (broad SMARTS) is 1. The Kier molecular flexibility index (Phi) is 7.34. The van der Waals surface area contributed by atoms with Gasteiger partial charge in [0, 0.05) is 23.7 Å². The lowest BCUT2D eigenvalue weighted by atomic mass is 9.77. The average Bonchev–Trinajstić information content (AvgIpc) is 2.87. The van der Waals surface area contributed by atoms with Crippen molar-refractivity contribution in [3.05, 3.63) is 41.5 Å². The van der Waals surface area contributed by atoms with Gasteiger partial charge in [-0.1, -0.05) is 38.0 Å². The Bertz CT molecular complexity index is 1030. The third-order valence-corrected chi connectivity index (χ3v) is 9.22. The van der Waals surface area contributed by atoms with Crippen molar-refractivity contribution in [3.8, 4) is 5.75 Å². The van der Waals surface area contributed by atoms with E-state index in [0.717, 1.165) is 55.2 Å². The van der Waals surface area contributed by atoms with E-state index in [2.05, 4.69) is 43.0 Å². The van der Waals surface area contributed by atoms with E-state index in [0.29, 0.717) is 23.4 Å². The molecule has 1 N–H and O–H groups in total. The van der Waals surface area contributed by atoms with Crippen LogP contribution >= 0.6 is 0 Å². The fourth-order valence-corrected chi connectivity index (χ4v) is 7.15. The van der Waals surface area contributed by atoms with Crippen molar-refractivity contribution in [2.24, 2.45) is 11.8 Å². The quantitative estimate of drug-likeness (QED) is 0.447. The molecule has 2 bridgehead atoms. The minimum Gasteiger partial charge on any atom is -0.490 e. The van der Waals surface area contributed by atoms with Crippen molar-refractivity contribution in [2.45, 2.75) is 109 Å². The number of nitrogens with zero attached hydrogens (tertiary/aromatic N) is 1. The van der Waals surface area contributed by atoms with Crippen molar-refractivity contribution in [1.29, 1.82) is 0 Å². The molecule has 190 valence electrons. The molecule has 0 aromatic heterocycles. The summed E-state index contributed by atoms with van der Waals surface area (Å²) in [6.45, 7) is 3.95. The minimum atomic E-state index is -0.650. The predicted molar refractivity (Wildman–Crippen MR) is 137 cm³/mol. The van der Waals surface area contributed by atoms with Gasteiger partial charge in [0.15, 0.2) is 0 Å². The molecule has 4 nitrogen and oxygen atoms in total. The molecule has 1 saturated carbocycles. The normalized spacial score (nSPS) is 30.2. The number of halogens is 1. The fourth-order valence-electron chi connectivity index (χ4n) is 7.15. The molecule has 3 atom stereocenters. The lowest BCUT2D eigenvalue weighted by Crippen LogP contribution is -2.53. The van der Waals surface area contributed by atoms with Crippen molar-refractivity contribution in [3.63, 3.8) is 0 Å². The zero-order valence-corrected chi connectivity index (χ0v) is 21.2. The van der Waals surface area contributed by atoms with Crippen LogP contribution in [0.25, 0.3) is 10.8 Å². The van der Waals surface area contributed by atoms with E-state index in [9.17, 15) is 14.3 Å². The molecule has 2 heterocycles. The maximum atomic E-state index is 14.4. The first kappa shape index (κ1) is 24.5. The summed E-state index contributed by atoms with van der Waals surface area (Å²) in [4.78, 5) is 14.3. The van der Waals surface area contributed by atoms with Crippen molar-refractivity contribution >= 4 is 16.7 Å². The molecule has 2 aliphatic heterocycles. The SMILES string of the molecule is CCC1CCC(Oc2ccc3ccc([C@@H](C)N4C5CCCC4CC(C(=O)O)C5)cc3c2CF)CC1. The molecule has 1 aliphatic carbocycles. The second-order valence-electron chi connectivity index (χ2n) is 11.2. The van der Waals surface area contributed by atoms with Crippen LogP contribution < -0.4 is 4.74 Å². The number of benzene rings is 2. The Balaban J connectivity index is 1.40. The molecule has 0 spiro atoms. The number of piperidine rings is 2. The van der Waals surface area contributed by atoms with Crippen LogP contribution in [-0.4, -0.2) is 34.2 Å². The molecular weight excluding hydrogens is 441 g/mol. The van der Waals surface area contributed by atoms with E-state index in [-0.39, 0.29) is 18.1 Å². The highest BCUT2D eigenvalue weighted by Crippen LogP contribution is 2.43. The zero-order valence-electron chi connectivity index (χ0n) is 21.2. The molecule has 35 heavy (non-hydrogen) atoms. The highest BCUT2D eigenvalue weighted by molar-refractivity contribution is 5.88. The number of aliphatic carboxylic acids is 1. The summed E-state index contributed by atoms with van der Waals surface area (Å²) < 4.78 is 20.8. The van der Waals surface area contributed by atoms with E-state index in [1.54, 1.807) is 0 Å². The molecular formula is C30H40FNO3. The van der Waals surface area contributed by atoms with Crippen LogP contribution in [0.1, 0.15) is 95.2 Å². The minimum absolute atomic E-state index is 0.172. The van der Waals surface area contributed by atoms with E-state index < -0.39 is 12.6 Å². The van der Waals surface area contributed by atoms with Crippen LogP contribution in [0.5, 0.6) is 5.75 Å². The van der Waals surface area contributed by atoms with Crippen LogP contribution in [0.3, 0.4) is 0 Å². The van der Waals surface area contributed by atoms with Gasteiger partial charge < -0.3 is 9.84 Å². The molecule has 2 saturated heterocycles. The van der Waals surface area contributed by atoms with Crippen LogP contribution in [-0.2, 0) is 11.5 Å². The summed E-state index contributed by atoms with van der Waals surface area (Å²) in [6, 6.07) is 11.2. The molecule has 0 amide bonds. The van der Waals surface area contributed by atoms with Gasteiger partial charge >= 0.3 is 5.97 Å². The van der Waals surface area contributed by atoms with Gasteiger partial charge in [0.2, 0.25) is 0 Å². The lowest BCUT2D eigenvalue weighted by molar-refractivity contribution is -0.147. The van der Waals surface area contributed by atoms with Gasteiger partial charge in [0.1, 0.15) is 12.4 Å². The summed E-state index contributed by atoms with van der Waals surface area (Å²) >= 11 is 0. The van der Waals surface area contributed by atoms with Crippen molar-refractivity contribution in [2.75, 3.05) is 0 Å². The van der Waals surface area contributed by atoms with Gasteiger partial charge in [-0.3, -0.25) is 9.69 Å². The highest BCUT2D eigenvalue weighted by Gasteiger charge is 2.42. The van der Waals surface area contributed by atoms with E-state index in [1.807, 2.05) is 6.07 Å². The van der Waals surface area contributed by atoms with Gasteiger partial charge in [-0.05, 0) is 92.7 Å². The van der Waals surface area contributed by atoms with Crippen molar-refractivity contribution < 1.29 is 19.0 Å². The van der Waals surface area contributed by atoms with Crippen molar-refractivity contribution in [1.82, 2.24) is 4.90 Å². The lowest BCUT2D eigenvalue weighted by Gasteiger charge is -2.51. The first-order chi connectivity index (χ1) is 17.0. The smallest absolute Gasteiger partial charge is 0.306 e. The number of hydrogen-bond donors (Lipinski definition) is 1. The van der Waals surface area contributed by atoms with Crippen LogP contribution in [0.4, 0.5) is 4.39 Å². The number of hydrogen-bond acceptors (Lipinski definition) is 3. The maximum absolute atomic E-state index is 14.4. The molecule has 3 aliphatic rings. The number of rotatable bonds is 7. The Morgan fingerprint density at radius 1 is 1.09 bits per heavy atom. The fraction of sp³-hybridized carbons (Fsp3) is 0.633. The second-order valence-corrected chi connectivity index (χ2v) is 11.2. The first-order valence-electron chi connectivity index (χ1n) is 13.8. The number of ether oxygens (including phenoxy) is 1. The summed E-state index contributed by atoms with van der Waals surface area (Å²) in [7, 11) is 0. The highest BCUT2D eigenvalue weighted by atomic mass is 19.1. The second kappa shape index (κ2) is 10.5. The molecule has 2 aromatic rings. The molecule has 5 rings (SSSR count). The van der Waals surface area contributed by atoms with Gasteiger partial charge in [-0.25, -0.2) is 4.39 Å². The zero-order chi connectivity index (χ0) is 24.5. The van der Waals surface area contributed by atoms with Crippen LogP contribution in [0.15, 0.2) is 30.3 Å². The molecule has 5 heteroatoms. The number of fused-ring (bicyclic) bond motifs is 3. The van der Waals surface area contributed by atoms with E-state index in [4.69, 9.17) is 4.74 Å². The van der Waals surface area contributed by atoms with Gasteiger partial charge in [0.05, 0.1) is 12.0 Å². The maximum Gasteiger partial charge on any atom is 0.306 e. The molecule has 2 unspecified atom stereocenters. The van der Waals surface area contributed by atoms with Crippen LogP contribution in [0.2, 0.25) is 0 Å². The summed E-state index contributed by atoms with van der Waals surface area (Å²) in [6.07, 6.45) is 10.7. The topological polar surface area (TPSA) is 49.8 Å². The monoisotopic (exact) mass is 481 g/mol. The van der Waals surface area contributed by atoms with Gasteiger partial charge in [-0.2, -0.15) is 0 Å². The van der Waals surface area contributed by atoms with E-state index in [1.165, 1.54) is 31.2 Å². The largest absolute Gasteiger partial charge is 0.490 e. The first-order valence-corrected chi connectivity index (χ1v) is 13.8. The third-order valence-electron chi connectivity index (χ3n) is 9.22. The summed E-state index contributed by atoms with van der Waals surface area (Å²) in [5.41, 5.74) is 1.84. The average molecular weight is 482 g/mol. The standard InChI is InChI=1S/C30H40FNO3/c1-3-20-7-12-26(13-8-20)35-29-14-11-21-9-10-22(17-27(21)28(29)18-31)19(2)32-24-5-4-6-25(32)16-23(15-24)30(33)34/h9-11,14,17,19-20,23-26H,3-8,12-13,15-16,18H2,1-2H3,(H,33,34)/t19-,20?,23?,24?,25?,26?/m1/s1. The van der Waals surface area contributed by atoms with Crippen LogP contribution in [0, 0.1) is 11.8 Å². The number of carboxylic acids is 1.